The minimum Gasteiger partial charge on any atom is -0.271 e. The standard InChI is InChI=1S/C14H16F2N2S/c15-13-4-2-11(8-14(13)16)7-12(18-17)3-1-10-5-6-19-9-10/h2,4-6,8-9,12,18H,1,3,7,17H2. The molecule has 0 aliphatic heterocycles. The maximum absolute atomic E-state index is 13.1. The van der Waals surface area contributed by atoms with Crippen LogP contribution in [0.1, 0.15) is 17.5 Å². The Hall–Kier alpha value is -1.30. The molecule has 102 valence electrons. The van der Waals surface area contributed by atoms with Crippen molar-refractivity contribution in [3.05, 3.63) is 57.8 Å². The molecule has 1 aromatic carbocycles. The number of hydrazine groups is 1. The van der Waals surface area contributed by atoms with Crippen molar-refractivity contribution >= 4 is 11.3 Å². The monoisotopic (exact) mass is 282 g/mol. The van der Waals surface area contributed by atoms with Gasteiger partial charge < -0.3 is 0 Å². The van der Waals surface area contributed by atoms with Gasteiger partial charge in [0.05, 0.1) is 0 Å². The first-order chi connectivity index (χ1) is 9.19. The van der Waals surface area contributed by atoms with Gasteiger partial charge in [0.15, 0.2) is 11.6 Å². The lowest BCUT2D eigenvalue weighted by atomic mass is 10.0. The van der Waals surface area contributed by atoms with E-state index >= 15 is 0 Å². The Kier molecular flexibility index (Phi) is 5.01. The fraction of sp³-hybridized carbons (Fsp3) is 0.286. The number of nitrogens with one attached hydrogen (secondary N) is 1. The van der Waals surface area contributed by atoms with Crippen molar-refractivity contribution in [3.8, 4) is 0 Å². The van der Waals surface area contributed by atoms with Gasteiger partial charge in [-0.05, 0) is 59.3 Å². The van der Waals surface area contributed by atoms with Gasteiger partial charge >= 0.3 is 0 Å². The van der Waals surface area contributed by atoms with E-state index in [1.807, 2.05) is 5.38 Å². The maximum Gasteiger partial charge on any atom is 0.159 e. The van der Waals surface area contributed by atoms with E-state index in [4.69, 9.17) is 5.84 Å². The minimum atomic E-state index is -0.820. The lowest BCUT2D eigenvalue weighted by Gasteiger charge is -2.15. The van der Waals surface area contributed by atoms with Gasteiger partial charge in [-0.3, -0.25) is 11.3 Å². The van der Waals surface area contributed by atoms with Crippen molar-refractivity contribution in [1.82, 2.24) is 5.43 Å². The molecule has 2 nitrogen and oxygen atoms in total. The largest absolute Gasteiger partial charge is 0.271 e. The first kappa shape index (κ1) is 14.1. The number of rotatable bonds is 6. The number of hydrogen-bond acceptors (Lipinski definition) is 3. The molecule has 0 saturated carbocycles. The van der Waals surface area contributed by atoms with E-state index in [2.05, 4.69) is 16.9 Å². The Balaban J connectivity index is 1.92. The molecule has 0 saturated heterocycles. The topological polar surface area (TPSA) is 38.0 Å². The van der Waals surface area contributed by atoms with Gasteiger partial charge in [0.1, 0.15) is 0 Å². The summed E-state index contributed by atoms with van der Waals surface area (Å²) in [5.74, 6) is 3.88. The second-order valence-corrected chi connectivity index (χ2v) is 5.27. The number of aryl methyl sites for hydroxylation is 1. The zero-order valence-corrected chi connectivity index (χ0v) is 11.2. The van der Waals surface area contributed by atoms with Crippen LogP contribution < -0.4 is 11.3 Å². The van der Waals surface area contributed by atoms with Crippen molar-refractivity contribution < 1.29 is 8.78 Å². The summed E-state index contributed by atoms with van der Waals surface area (Å²) in [5, 5.41) is 4.14. The summed E-state index contributed by atoms with van der Waals surface area (Å²) < 4.78 is 26.0. The predicted octanol–water partition coefficient (Wildman–Crippen LogP) is 3.03. The van der Waals surface area contributed by atoms with Gasteiger partial charge in [0, 0.05) is 6.04 Å². The molecular weight excluding hydrogens is 266 g/mol. The molecule has 1 unspecified atom stereocenters. The van der Waals surface area contributed by atoms with Gasteiger partial charge in [-0.1, -0.05) is 6.07 Å². The number of nitrogens with two attached hydrogens (primary N) is 1. The molecule has 0 spiro atoms. The molecule has 3 N–H and O–H groups in total. The maximum atomic E-state index is 13.1. The molecule has 0 amide bonds. The van der Waals surface area contributed by atoms with Crippen molar-refractivity contribution in [2.45, 2.75) is 25.3 Å². The molecule has 1 aromatic heterocycles. The van der Waals surface area contributed by atoms with Crippen LogP contribution in [0.3, 0.4) is 0 Å². The Labute approximate surface area is 115 Å². The number of benzene rings is 1. The summed E-state index contributed by atoms with van der Waals surface area (Å²) in [6, 6.07) is 6.09. The first-order valence-corrected chi connectivity index (χ1v) is 7.04. The fourth-order valence-electron chi connectivity index (χ4n) is 1.97. The van der Waals surface area contributed by atoms with Crippen LogP contribution in [-0.4, -0.2) is 6.04 Å². The molecule has 0 fully saturated rings. The summed E-state index contributed by atoms with van der Waals surface area (Å²) in [5.41, 5.74) is 4.75. The molecule has 0 radical (unpaired) electrons. The quantitative estimate of drug-likeness (QED) is 0.631. The van der Waals surface area contributed by atoms with E-state index in [-0.39, 0.29) is 6.04 Å². The molecule has 5 heteroatoms. The van der Waals surface area contributed by atoms with Crippen LogP contribution in [0.15, 0.2) is 35.0 Å². The molecule has 19 heavy (non-hydrogen) atoms. The van der Waals surface area contributed by atoms with Crippen LogP contribution in [0.2, 0.25) is 0 Å². The highest BCUT2D eigenvalue weighted by Gasteiger charge is 2.10. The van der Waals surface area contributed by atoms with Crippen LogP contribution in [-0.2, 0) is 12.8 Å². The predicted molar refractivity (Wildman–Crippen MR) is 73.8 cm³/mol. The second-order valence-electron chi connectivity index (χ2n) is 4.49. The average Bonchev–Trinajstić information content (AvgIpc) is 2.92. The van der Waals surface area contributed by atoms with Crippen LogP contribution in [0, 0.1) is 11.6 Å². The average molecular weight is 282 g/mol. The Morgan fingerprint density at radius 2 is 2.00 bits per heavy atom. The lowest BCUT2D eigenvalue weighted by Crippen LogP contribution is -2.37. The number of halogens is 2. The van der Waals surface area contributed by atoms with E-state index in [9.17, 15) is 8.78 Å². The summed E-state index contributed by atoms with van der Waals surface area (Å²) in [4.78, 5) is 0. The van der Waals surface area contributed by atoms with Crippen LogP contribution >= 0.6 is 11.3 Å². The highest BCUT2D eigenvalue weighted by molar-refractivity contribution is 7.07. The molecule has 1 atom stereocenters. The molecule has 0 aliphatic carbocycles. The van der Waals surface area contributed by atoms with Crippen molar-refractivity contribution in [2.75, 3.05) is 0 Å². The van der Waals surface area contributed by atoms with Gasteiger partial charge in [-0.25, -0.2) is 8.78 Å². The molecule has 1 heterocycles. The number of thiophene rings is 1. The van der Waals surface area contributed by atoms with Gasteiger partial charge in [-0.15, -0.1) is 0 Å². The Morgan fingerprint density at radius 3 is 2.63 bits per heavy atom. The second kappa shape index (κ2) is 6.75. The van der Waals surface area contributed by atoms with Crippen molar-refractivity contribution in [1.29, 1.82) is 0 Å². The molecule has 0 aliphatic rings. The molecule has 2 aromatic rings. The fourth-order valence-corrected chi connectivity index (χ4v) is 2.67. The van der Waals surface area contributed by atoms with Gasteiger partial charge in [-0.2, -0.15) is 11.3 Å². The summed E-state index contributed by atoms with van der Waals surface area (Å²) in [6.45, 7) is 0. The summed E-state index contributed by atoms with van der Waals surface area (Å²) >= 11 is 1.66. The highest BCUT2D eigenvalue weighted by Crippen LogP contribution is 2.14. The van der Waals surface area contributed by atoms with Crippen LogP contribution in [0.5, 0.6) is 0 Å². The van der Waals surface area contributed by atoms with Crippen molar-refractivity contribution in [2.24, 2.45) is 5.84 Å². The highest BCUT2D eigenvalue weighted by atomic mass is 32.1. The van der Waals surface area contributed by atoms with Crippen LogP contribution in [0.4, 0.5) is 8.78 Å². The third-order valence-electron chi connectivity index (χ3n) is 3.06. The smallest absolute Gasteiger partial charge is 0.159 e. The Bertz CT molecular complexity index is 514. The third kappa shape index (κ3) is 4.09. The van der Waals surface area contributed by atoms with Crippen LogP contribution in [0.25, 0.3) is 0 Å². The van der Waals surface area contributed by atoms with E-state index in [1.54, 1.807) is 17.4 Å². The van der Waals surface area contributed by atoms with Gasteiger partial charge in [0.25, 0.3) is 0 Å². The normalized spacial score (nSPS) is 12.6. The number of hydrogen-bond donors (Lipinski definition) is 2. The molecular formula is C14H16F2N2S. The van der Waals surface area contributed by atoms with Gasteiger partial charge in [0.2, 0.25) is 0 Å². The molecule has 0 bridgehead atoms. The van der Waals surface area contributed by atoms with E-state index in [0.717, 1.165) is 24.5 Å². The zero-order chi connectivity index (χ0) is 13.7. The SMILES string of the molecule is NNC(CCc1ccsc1)Cc1ccc(F)c(F)c1. The van der Waals surface area contributed by atoms with E-state index < -0.39 is 11.6 Å². The summed E-state index contributed by atoms with van der Waals surface area (Å²) in [6.07, 6.45) is 2.35. The van der Waals surface area contributed by atoms with E-state index in [0.29, 0.717) is 6.42 Å². The first-order valence-electron chi connectivity index (χ1n) is 6.10. The third-order valence-corrected chi connectivity index (χ3v) is 3.80. The van der Waals surface area contributed by atoms with E-state index in [1.165, 1.54) is 11.6 Å². The lowest BCUT2D eigenvalue weighted by molar-refractivity contribution is 0.483. The zero-order valence-electron chi connectivity index (χ0n) is 10.4. The molecule has 2 rings (SSSR count). The summed E-state index contributed by atoms with van der Waals surface area (Å²) in [7, 11) is 0. The minimum absolute atomic E-state index is 0.0461. The van der Waals surface area contributed by atoms with Crippen molar-refractivity contribution in [3.63, 3.8) is 0 Å². The Morgan fingerprint density at radius 1 is 1.16 bits per heavy atom.